The van der Waals surface area contributed by atoms with Crippen LogP contribution in [0.5, 0.6) is 0 Å². The number of nitrogens with one attached hydrogen (secondary N) is 1. The van der Waals surface area contributed by atoms with Gasteiger partial charge in [0, 0.05) is 23.2 Å². The first-order valence-corrected chi connectivity index (χ1v) is 12.4. The van der Waals surface area contributed by atoms with Crippen molar-refractivity contribution in [2.45, 2.75) is 24.6 Å². The van der Waals surface area contributed by atoms with Crippen LogP contribution < -0.4 is 5.32 Å². The van der Waals surface area contributed by atoms with Crippen molar-refractivity contribution >= 4 is 45.0 Å². The third-order valence-electron chi connectivity index (χ3n) is 4.46. The normalized spacial score (nSPS) is 17.6. The second-order valence-corrected chi connectivity index (χ2v) is 10.3. The van der Waals surface area contributed by atoms with Crippen molar-refractivity contribution in [1.29, 1.82) is 0 Å². The summed E-state index contributed by atoms with van der Waals surface area (Å²) in [6.45, 7) is 1.97. The molecule has 1 saturated heterocycles. The summed E-state index contributed by atoms with van der Waals surface area (Å²) >= 11 is 7.03. The number of carbonyl (C=O) groups excluding carboxylic acids is 2. The monoisotopic (exact) mass is 472 g/mol. The van der Waals surface area contributed by atoms with Gasteiger partial charge in [0.2, 0.25) is 17.7 Å². The van der Waals surface area contributed by atoms with Crippen LogP contribution in [0.4, 0.5) is 0 Å². The van der Waals surface area contributed by atoms with Gasteiger partial charge in [-0.05, 0) is 31.5 Å². The van der Waals surface area contributed by atoms with Crippen LogP contribution in [0.1, 0.15) is 13.3 Å². The molecule has 1 unspecified atom stereocenters. The molecule has 1 aromatic carbocycles. The molecular weight excluding hydrogens is 452 g/mol. The van der Waals surface area contributed by atoms with Crippen LogP contribution in [0.2, 0.25) is 5.02 Å². The van der Waals surface area contributed by atoms with Gasteiger partial charge < -0.3 is 14.6 Å². The van der Waals surface area contributed by atoms with Crippen LogP contribution in [0.25, 0.3) is 11.5 Å². The average molecular weight is 473 g/mol. The lowest BCUT2D eigenvalue weighted by Crippen LogP contribution is -2.45. The summed E-state index contributed by atoms with van der Waals surface area (Å²) in [4.78, 5) is 26.0. The van der Waals surface area contributed by atoms with Gasteiger partial charge in [-0.1, -0.05) is 29.4 Å². The molecule has 2 amide bonds. The quantitative estimate of drug-likeness (QED) is 0.575. The van der Waals surface area contributed by atoms with Crippen LogP contribution in [0.3, 0.4) is 0 Å². The molecule has 1 aliphatic heterocycles. The van der Waals surface area contributed by atoms with Crippen LogP contribution >= 0.6 is 23.4 Å². The minimum absolute atomic E-state index is 0.0239. The number of benzene rings is 1. The molecule has 2 aromatic rings. The molecule has 3 rings (SSSR count). The fourth-order valence-electron chi connectivity index (χ4n) is 2.95. The molecule has 2 heterocycles. The number of hydrogen-bond acceptors (Lipinski definition) is 8. The molecule has 1 atom stereocenters. The highest BCUT2D eigenvalue weighted by Crippen LogP contribution is 2.25. The van der Waals surface area contributed by atoms with E-state index in [2.05, 4.69) is 15.5 Å². The highest BCUT2D eigenvalue weighted by atomic mass is 35.5. The lowest BCUT2D eigenvalue weighted by molar-refractivity contribution is -0.134. The van der Waals surface area contributed by atoms with Gasteiger partial charge in [0.1, 0.15) is 0 Å². The van der Waals surface area contributed by atoms with Crippen molar-refractivity contribution in [2.24, 2.45) is 0 Å². The maximum absolute atomic E-state index is 12.5. The van der Waals surface area contributed by atoms with Crippen LogP contribution in [-0.4, -0.2) is 71.7 Å². The van der Waals surface area contributed by atoms with Crippen molar-refractivity contribution in [3.63, 3.8) is 0 Å². The predicted molar refractivity (Wildman–Crippen MR) is 113 cm³/mol. The van der Waals surface area contributed by atoms with E-state index in [1.54, 1.807) is 31.2 Å². The van der Waals surface area contributed by atoms with Gasteiger partial charge in [-0.15, -0.1) is 10.2 Å². The number of thioether (sulfide) groups is 1. The zero-order valence-corrected chi connectivity index (χ0v) is 18.6. The van der Waals surface area contributed by atoms with E-state index in [-0.39, 0.29) is 40.8 Å². The number of likely N-dealkylation sites (N-methyl/N-ethyl adjacent to an activating group) is 1. The Morgan fingerprint density at radius 1 is 1.37 bits per heavy atom. The Bertz CT molecular complexity index is 1030. The number of amides is 2. The lowest BCUT2D eigenvalue weighted by atomic mass is 10.2. The maximum atomic E-state index is 12.5. The first kappa shape index (κ1) is 22.6. The van der Waals surface area contributed by atoms with Crippen molar-refractivity contribution in [1.82, 2.24) is 20.4 Å². The van der Waals surface area contributed by atoms with Gasteiger partial charge >= 0.3 is 0 Å². The summed E-state index contributed by atoms with van der Waals surface area (Å²) in [5.41, 5.74) is 0.675. The highest BCUT2D eigenvalue weighted by Gasteiger charge is 2.29. The molecule has 162 valence electrons. The SMILES string of the molecule is CCN(CC(=O)NC1CCS(=O)(=O)C1)C(=O)CSc1nnc(-c2cccc(Cl)c2)o1. The number of sulfone groups is 1. The summed E-state index contributed by atoms with van der Waals surface area (Å²) in [5.74, 6) is -0.299. The number of rotatable bonds is 8. The standard InChI is InChI=1S/C18H21ClN4O5S2/c1-2-23(9-15(24)20-14-6-7-30(26,27)11-14)16(25)10-29-18-22-21-17(28-18)12-4-3-5-13(19)8-12/h3-5,8,14H,2,6-7,9-11H2,1H3,(H,20,24). The second-order valence-electron chi connectivity index (χ2n) is 6.75. The van der Waals surface area contributed by atoms with Crippen LogP contribution in [-0.2, 0) is 19.4 Å². The number of hydrogen-bond donors (Lipinski definition) is 1. The molecule has 1 aromatic heterocycles. The van der Waals surface area contributed by atoms with Gasteiger partial charge in [0.05, 0.1) is 23.8 Å². The van der Waals surface area contributed by atoms with Gasteiger partial charge in [-0.2, -0.15) is 0 Å². The van der Waals surface area contributed by atoms with Gasteiger partial charge in [-0.3, -0.25) is 9.59 Å². The number of nitrogens with zero attached hydrogens (tertiary/aromatic N) is 3. The van der Waals surface area contributed by atoms with E-state index >= 15 is 0 Å². The Balaban J connectivity index is 1.50. The van der Waals surface area contributed by atoms with Crippen molar-refractivity contribution in [3.05, 3.63) is 29.3 Å². The molecule has 30 heavy (non-hydrogen) atoms. The molecular formula is C18H21ClN4O5S2. The first-order chi connectivity index (χ1) is 14.3. The van der Waals surface area contributed by atoms with E-state index in [9.17, 15) is 18.0 Å². The van der Waals surface area contributed by atoms with Gasteiger partial charge in [-0.25, -0.2) is 8.42 Å². The summed E-state index contributed by atoms with van der Waals surface area (Å²) < 4.78 is 28.5. The molecule has 9 nitrogen and oxygen atoms in total. The zero-order valence-electron chi connectivity index (χ0n) is 16.2. The van der Waals surface area contributed by atoms with E-state index < -0.39 is 15.9 Å². The van der Waals surface area contributed by atoms with Crippen LogP contribution in [0, 0.1) is 0 Å². The van der Waals surface area contributed by atoms with Crippen molar-refractivity contribution in [2.75, 3.05) is 30.3 Å². The predicted octanol–water partition coefficient (Wildman–Crippen LogP) is 1.63. The number of halogens is 1. The van der Waals surface area contributed by atoms with E-state index in [4.69, 9.17) is 16.0 Å². The molecule has 12 heteroatoms. The fourth-order valence-corrected chi connectivity index (χ4v) is 5.48. The van der Waals surface area contributed by atoms with Crippen molar-refractivity contribution in [3.8, 4) is 11.5 Å². The van der Waals surface area contributed by atoms with E-state index in [1.165, 1.54) is 4.90 Å². The van der Waals surface area contributed by atoms with E-state index in [1.807, 2.05) is 0 Å². The minimum atomic E-state index is -3.08. The summed E-state index contributed by atoms with van der Waals surface area (Å²) in [5, 5.41) is 11.3. The van der Waals surface area contributed by atoms with Gasteiger partial charge in [0.25, 0.3) is 5.22 Å². The Morgan fingerprint density at radius 2 is 2.17 bits per heavy atom. The Morgan fingerprint density at radius 3 is 2.83 bits per heavy atom. The molecule has 0 saturated carbocycles. The number of aromatic nitrogens is 2. The first-order valence-electron chi connectivity index (χ1n) is 9.25. The summed E-state index contributed by atoms with van der Waals surface area (Å²) in [6, 6.07) is 6.59. The molecule has 0 aliphatic carbocycles. The minimum Gasteiger partial charge on any atom is -0.411 e. The van der Waals surface area contributed by atoms with Gasteiger partial charge in [0.15, 0.2) is 9.84 Å². The molecule has 1 aliphatic rings. The smallest absolute Gasteiger partial charge is 0.277 e. The Kier molecular flexibility index (Phi) is 7.37. The third kappa shape index (κ3) is 6.19. The largest absolute Gasteiger partial charge is 0.411 e. The molecule has 1 N–H and O–H groups in total. The van der Waals surface area contributed by atoms with Crippen molar-refractivity contribution < 1.29 is 22.4 Å². The molecule has 1 fully saturated rings. The molecule has 0 radical (unpaired) electrons. The Labute approximate surface area is 183 Å². The van der Waals surface area contributed by atoms with E-state index in [0.717, 1.165) is 11.8 Å². The average Bonchev–Trinajstić information content (AvgIpc) is 3.30. The molecule has 0 bridgehead atoms. The number of carbonyl (C=O) groups is 2. The fraction of sp³-hybridized carbons (Fsp3) is 0.444. The Hall–Kier alpha value is -2.11. The summed E-state index contributed by atoms with van der Waals surface area (Å²) in [6.07, 6.45) is 0.399. The lowest BCUT2D eigenvalue weighted by Gasteiger charge is -2.21. The second kappa shape index (κ2) is 9.80. The topological polar surface area (TPSA) is 122 Å². The zero-order chi connectivity index (χ0) is 21.7. The highest BCUT2D eigenvalue weighted by molar-refractivity contribution is 7.99. The van der Waals surface area contributed by atoms with Crippen LogP contribution in [0.15, 0.2) is 33.9 Å². The third-order valence-corrected chi connectivity index (χ3v) is 7.27. The molecule has 0 spiro atoms. The maximum Gasteiger partial charge on any atom is 0.277 e. The van der Waals surface area contributed by atoms with E-state index in [0.29, 0.717) is 29.4 Å². The summed E-state index contributed by atoms with van der Waals surface area (Å²) in [7, 11) is -3.08.